The fraction of sp³-hybridized carbons (Fsp3) is 0.235. The van der Waals surface area contributed by atoms with E-state index >= 15 is 0 Å². The zero-order chi connectivity index (χ0) is 17.3. The zero-order valence-electron chi connectivity index (χ0n) is 13.6. The van der Waals surface area contributed by atoms with E-state index < -0.39 is 12.0 Å². The number of fused-ring (bicyclic) bond motifs is 2. The first kappa shape index (κ1) is 15.8. The minimum absolute atomic E-state index is 0.258. The van der Waals surface area contributed by atoms with Crippen molar-refractivity contribution in [3.8, 4) is 11.6 Å². The fourth-order valence-corrected chi connectivity index (χ4v) is 2.78. The number of benzene rings is 1. The van der Waals surface area contributed by atoms with E-state index in [9.17, 15) is 9.59 Å². The maximum absolute atomic E-state index is 12.2. The van der Waals surface area contributed by atoms with Crippen LogP contribution in [0.1, 0.15) is 27.5 Å². The summed E-state index contributed by atoms with van der Waals surface area (Å²) in [7, 11) is 4.57. The van der Waals surface area contributed by atoms with E-state index in [0.717, 1.165) is 5.56 Å². The molecule has 7 heteroatoms. The second-order valence-electron chi connectivity index (χ2n) is 5.31. The average Bonchev–Trinajstić information content (AvgIpc) is 2.63. The normalized spacial score (nSPS) is 14.7. The van der Waals surface area contributed by atoms with Crippen molar-refractivity contribution in [2.45, 2.75) is 6.04 Å². The zero-order valence-corrected chi connectivity index (χ0v) is 13.6. The Morgan fingerprint density at radius 1 is 1.29 bits per heavy atom. The lowest BCUT2D eigenvalue weighted by Crippen LogP contribution is -2.39. The van der Waals surface area contributed by atoms with Crippen LogP contribution in [0.15, 0.2) is 36.5 Å². The van der Waals surface area contributed by atoms with Crippen LogP contribution in [0.3, 0.4) is 0 Å². The smallest absolute Gasteiger partial charge is 0.337 e. The van der Waals surface area contributed by atoms with Gasteiger partial charge < -0.3 is 19.7 Å². The number of ether oxygens (including phenoxy) is 2. The van der Waals surface area contributed by atoms with Crippen LogP contribution in [0.4, 0.5) is 4.79 Å². The number of hydrogen-bond acceptors (Lipinski definition) is 5. The summed E-state index contributed by atoms with van der Waals surface area (Å²) >= 11 is 0. The number of amides is 2. The van der Waals surface area contributed by atoms with Crippen LogP contribution in [0.5, 0.6) is 11.6 Å². The first-order chi connectivity index (χ1) is 11.6. The number of nitrogens with zero attached hydrogens (tertiary/aromatic N) is 2. The summed E-state index contributed by atoms with van der Waals surface area (Å²) in [6.07, 6.45) is 1.63. The third-order valence-electron chi connectivity index (χ3n) is 3.95. The molecule has 0 radical (unpaired) electrons. The van der Waals surface area contributed by atoms with Crippen molar-refractivity contribution in [1.82, 2.24) is 15.2 Å². The molecule has 1 N–H and O–H groups in total. The van der Waals surface area contributed by atoms with Gasteiger partial charge in [-0.25, -0.2) is 14.6 Å². The Labute approximate surface area is 139 Å². The van der Waals surface area contributed by atoms with Crippen LogP contribution in [0.2, 0.25) is 0 Å². The Balaban J connectivity index is 2.16. The molecule has 3 rings (SSSR count). The number of rotatable bonds is 2. The number of urea groups is 1. The molecule has 1 aromatic carbocycles. The molecule has 1 atom stereocenters. The highest BCUT2D eigenvalue weighted by Crippen LogP contribution is 2.44. The Morgan fingerprint density at radius 3 is 2.79 bits per heavy atom. The lowest BCUT2D eigenvalue weighted by Gasteiger charge is -2.33. The van der Waals surface area contributed by atoms with Crippen molar-refractivity contribution in [1.29, 1.82) is 0 Å². The molecule has 0 bridgehead atoms. The predicted octanol–water partition coefficient (Wildman–Crippen LogP) is 2.33. The van der Waals surface area contributed by atoms with Crippen molar-refractivity contribution in [2.24, 2.45) is 0 Å². The predicted molar refractivity (Wildman–Crippen MR) is 86.2 cm³/mol. The number of esters is 1. The number of methoxy groups -OCH3 is 1. The highest BCUT2D eigenvalue weighted by molar-refractivity contribution is 5.90. The summed E-state index contributed by atoms with van der Waals surface area (Å²) in [5.41, 5.74) is 1.84. The summed E-state index contributed by atoms with van der Waals surface area (Å²) in [6, 6.07) is 7.93. The van der Waals surface area contributed by atoms with Crippen molar-refractivity contribution >= 4 is 12.0 Å². The molecule has 0 aliphatic carbocycles. The molecular formula is C17H17N3O4. The Hall–Kier alpha value is -3.09. The first-order valence-corrected chi connectivity index (χ1v) is 7.36. The molecule has 0 spiro atoms. The van der Waals surface area contributed by atoms with Gasteiger partial charge in [-0.1, -0.05) is 0 Å². The van der Waals surface area contributed by atoms with E-state index in [2.05, 4.69) is 10.3 Å². The SMILES string of the molecule is CNC(=O)N(C)C1c2cc(C(=O)OC)ccc2Oc2ncccc21. The Kier molecular flexibility index (Phi) is 4.07. The quantitative estimate of drug-likeness (QED) is 0.856. The topological polar surface area (TPSA) is 80.8 Å². The fourth-order valence-electron chi connectivity index (χ4n) is 2.78. The largest absolute Gasteiger partial charge is 0.465 e. The monoisotopic (exact) mass is 327 g/mol. The molecule has 1 unspecified atom stereocenters. The van der Waals surface area contributed by atoms with Gasteiger partial charge in [0.2, 0.25) is 5.88 Å². The van der Waals surface area contributed by atoms with Gasteiger partial charge in [0.05, 0.1) is 18.7 Å². The number of hydrogen-bond donors (Lipinski definition) is 1. The van der Waals surface area contributed by atoms with Gasteiger partial charge in [-0.2, -0.15) is 0 Å². The van der Waals surface area contributed by atoms with Gasteiger partial charge in [0, 0.05) is 31.4 Å². The van der Waals surface area contributed by atoms with Crippen molar-refractivity contribution in [2.75, 3.05) is 21.2 Å². The van der Waals surface area contributed by atoms with E-state index in [1.165, 1.54) is 7.11 Å². The van der Waals surface area contributed by atoms with Crippen LogP contribution < -0.4 is 10.1 Å². The molecule has 24 heavy (non-hydrogen) atoms. The van der Waals surface area contributed by atoms with Crippen LogP contribution >= 0.6 is 0 Å². The second kappa shape index (κ2) is 6.19. The van der Waals surface area contributed by atoms with Crippen molar-refractivity contribution in [3.05, 3.63) is 53.2 Å². The molecule has 2 heterocycles. The summed E-state index contributed by atoms with van der Waals surface area (Å²) in [4.78, 5) is 29.8. The maximum Gasteiger partial charge on any atom is 0.337 e. The number of aromatic nitrogens is 1. The van der Waals surface area contributed by atoms with Crippen LogP contribution in [0, 0.1) is 0 Å². The van der Waals surface area contributed by atoms with Gasteiger partial charge in [-0.15, -0.1) is 0 Å². The molecular weight excluding hydrogens is 310 g/mol. The first-order valence-electron chi connectivity index (χ1n) is 7.36. The van der Waals surface area contributed by atoms with Gasteiger partial charge in [0.25, 0.3) is 0 Å². The molecule has 7 nitrogen and oxygen atoms in total. The van der Waals surface area contributed by atoms with Crippen molar-refractivity contribution in [3.63, 3.8) is 0 Å². The molecule has 1 aliphatic heterocycles. The van der Waals surface area contributed by atoms with Gasteiger partial charge >= 0.3 is 12.0 Å². The average molecular weight is 327 g/mol. The third kappa shape index (κ3) is 2.54. The van der Waals surface area contributed by atoms with Gasteiger partial charge in [0.1, 0.15) is 5.75 Å². The minimum atomic E-state index is -0.448. The summed E-state index contributed by atoms with van der Waals surface area (Å²) in [5, 5.41) is 2.61. The van der Waals surface area contributed by atoms with E-state index in [0.29, 0.717) is 22.8 Å². The van der Waals surface area contributed by atoms with E-state index in [-0.39, 0.29) is 6.03 Å². The number of pyridine rings is 1. The van der Waals surface area contributed by atoms with E-state index in [1.807, 2.05) is 6.07 Å². The molecule has 124 valence electrons. The van der Waals surface area contributed by atoms with Crippen LogP contribution in [-0.2, 0) is 4.74 Å². The molecule has 1 aromatic heterocycles. The molecule has 2 aromatic rings. The molecule has 2 amide bonds. The summed E-state index contributed by atoms with van der Waals surface area (Å²) in [6.45, 7) is 0. The number of carbonyl (C=O) groups is 2. The lowest BCUT2D eigenvalue weighted by atomic mass is 9.94. The molecule has 0 fully saturated rings. The number of carbonyl (C=O) groups excluding carboxylic acids is 2. The minimum Gasteiger partial charge on any atom is -0.465 e. The Bertz CT molecular complexity index is 806. The van der Waals surface area contributed by atoms with E-state index in [1.54, 1.807) is 49.5 Å². The standard InChI is InChI=1S/C17H17N3O4/c1-18-17(22)20(2)14-11-5-4-8-19-15(11)24-13-7-6-10(9-12(13)14)16(21)23-3/h4-9,14H,1-3H3,(H,18,22). The van der Waals surface area contributed by atoms with Crippen molar-refractivity contribution < 1.29 is 19.1 Å². The molecule has 0 saturated heterocycles. The van der Waals surface area contributed by atoms with Gasteiger partial charge in [-0.05, 0) is 30.3 Å². The summed E-state index contributed by atoms with van der Waals surface area (Å²) in [5.74, 6) is 0.544. The highest BCUT2D eigenvalue weighted by atomic mass is 16.5. The Morgan fingerprint density at radius 2 is 2.08 bits per heavy atom. The third-order valence-corrected chi connectivity index (χ3v) is 3.95. The van der Waals surface area contributed by atoms with Crippen LogP contribution in [-0.4, -0.2) is 43.1 Å². The maximum atomic E-state index is 12.2. The second-order valence-corrected chi connectivity index (χ2v) is 5.31. The molecule has 1 aliphatic rings. The highest BCUT2D eigenvalue weighted by Gasteiger charge is 2.33. The summed E-state index contributed by atoms with van der Waals surface area (Å²) < 4.78 is 10.6. The van der Waals surface area contributed by atoms with E-state index in [4.69, 9.17) is 9.47 Å². The van der Waals surface area contributed by atoms with Gasteiger partial charge in [-0.3, -0.25) is 0 Å². The number of nitrogens with one attached hydrogen (secondary N) is 1. The van der Waals surface area contributed by atoms with Gasteiger partial charge in [0.15, 0.2) is 0 Å². The molecule has 0 saturated carbocycles. The lowest BCUT2D eigenvalue weighted by molar-refractivity contribution is 0.0600. The van der Waals surface area contributed by atoms with Crippen LogP contribution in [0.25, 0.3) is 0 Å².